The third-order valence-corrected chi connectivity index (χ3v) is 5.08. The predicted octanol–water partition coefficient (Wildman–Crippen LogP) is 3.37. The van der Waals surface area contributed by atoms with Gasteiger partial charge in [0.15, 0.2) is 5.16 Å². The lowest BCUT2D eigenvalue weighted by atomic mass is 10.3. The van der Waals surface area contributed by atoms with Crippen LogP contribution in [0.5, 0.6) is 0 Å². The standard InChI is InChI=1S/C17H19N5O3S/c1-3-10-21-15(12-4-5-12)19-20-17(21)26-11(2)16(23)18-13-6-8-14(9-7-13)22(24)25/h3,6-9,11-12H,1,4-5,10H2,2H3,(H,18,23). The van der Waals surface area contributed by atoms with E-state index in [1.165, 1.54) is 36.0 Å². The molecule has 0 bridgehead atoms. The third kappa shape index (κ3) is 4.10. The van der Waals surface area contributed by atoms with E-state index in [1.54, 1.807) is 13.0 Å². The summed E-state index contributed by atoms with van der Waals surface area (Å²) < 4.78 is 2.00. The molecule has 1 aliphatic rings. The van der Waals surface area contributed by atoms with Gasteiger partial charge in [0.25, 0.3) is 5.69 Å². The molecule has 1 fully saturated rings. The highest BCUT2D eigenvalue weighted by Gasteiger charge is 2.31. The lowest BCUT2D eigenvalue weighted by Crippen LogP contribution is -2.23. The molecule has 3 rings (SSSR count). The molecule has 0 radical (unpaired) electrons. The van der Waals surface area contributed by atoms with Crippen LogP contribution in [0.15, 0.2) is 42.1 Å². The Morgan fingerprint density at radius 3 is 2.73 bits per heavy atom. The first-order chi connectivity index (χ1) is 12.5. The summed E-state index contributed by atoms with van der Waals surface area (Å²) in [7, 11) is 0. The Bertz CT molecular complexity index is 829. The number of allylic oxidation sites excluding steroid dienone is 1. The molecule has 8 nitrogen and oxygen atoms in total. The summed E-state index contributed by atoms with van der Waals surface area (Å²) >= 11 is 1.33. The van der Waals surface area contributed by atoms with Gasteiger partial charge in [-0.3, -0.25) is 14.9 Å². The third-order valence-electron chi connectivity index (χ3n) is 4.00. The van der Waals surface area contributed by atoms with Gasteiger partial charge in [-0.25, -0.2) is 0 Å². The van der Waals surface area contributed by atoms with Gasteiger partial charge in [0.1, 0.15) is 5.82 Å². The Kier molecular flexibility index (Phi) is 5.36. The maximum Gasteiger partial charge on any atom is 0.269 e. The molecule has 1 heterocycles. The van der Waals surface area contributed by atoms with E-state index in [0.29, 0.717) is 23.3 Å². The number of amides is 1. The smallest absolute Gasteiger partial charge is 0.269 e. The number of anilines is 1. The first-order valence-corrected chi connectivity index (χ1v) is 9.13. The Labute approximate surface area is 154 Å². The molecule has 136 valence electrons. The van der Waals surface area contributed by atoms with Crippen molar-refractivity contribution in [3.05, 3.63) is 52.9 Å². The molecule has 1 aromatic carbocycles. The monoisotopic (exact) mass is 373 g/mol. The number of nitrogens with zero attached hydrogens (tertiary/aromatic N) is 4. The van der Waals surface area contributed by atoms with E-state index in [1.807, 2.05) is 4.57 Å². The Morgan fingerprint density at radius 1 is 1.46 bits per heavy atom. The van der Waals surface area contributed by atoms with Crippen molar-refractivity contribution in [1.29, 1.82) is 0 Å². The molecule has 0 spiro atoms. The van der Waals surface area contributed by atoms with Gasteiger partial charge in [-0.1, -0.05) is 17.8 Å². The van der Waals surface area contributed by atoms with Crippen LogP contribution >= 0.6 is 11.8 Å². The van der Waals surface area contributed by atoms with E-state index in [4.69, 9.17) is 0 Å². The highest BCUT2D eigenvalue weighted by Crippen LogP contribution is 2.40. The summed E-state index contributed by atoms with van der Waals surface area (Å²) in [6, 6.07) is 5.74. The van der Waals surface area contributed by atoms with Crippen molar-refractivity contribution in [2.45, 2.75) is 42.6 Å². The summed E-state index contributed by atoms with van der Waals surface area (Å²) in [4.78, 5) is 22.6. The molecule has 1 aliphatic carbocycles. The number of hydrogen-bond acceptors (Lipinski definition) is 6. The van der Waals surface area contributed by atoms with Crippen molar-refractivity contribution in [3.63, 3.8) is 0 Å². The topological polar surface area (TPSA) is 103 Å². The van der Waals surface area contributed by atoms with Crippen LogP contribution in [-0.4, -0.2) is 30.8 Å². The molecule has 9 heteroatoms. The second kappa shape index (κ2) is 7.69. The second-order valence-electron chi connectivity index (χ2n) is 6.07. The fourth-order valence-corrected chi connectivity index (χ4v) is 3.32. The molecular weight excluding hydrogens is 354 g/mol. The van der Waals surface area contributed by atoms with Crippen LogP contribution in [0.25, 0.3) is 0 Å². The van der Waals surface area contributed by atoms with Crippen molar-refractivity contribution in [2.75, 3.05) is 5.32 Å². The van der Waals surface area contributed by atoms with Crippen molar-refractivity contribution in [1.82, 2.24) is 14.8 Å². The summed E-state index contributed by atoms with van der Waals surface area (Å²) in [5.41, 5.74) is 0.495. The van der Waals surface area contributed by atoms with E-state index < -0.39 is 10.2 Å². The van der Waals surface area contributed by atoms with Crippen LogP contribution < -0.4 is 5.32 Å². The minimum atomic E-state index is -0.478. The van der Waals surface area contributed by atoms with E-state index in [-0.39, 0.29) is 11.6 Å². The summed E-state index contributed by atoms with van der Waals surface area (Å²) in [5.74, 6) is 1.21. The van der Waals surface area contributed by atoms with E-state index >= 15 is 0 Å². The van der Waals surface area contributed by atoms with Crippen LogP contribution in [0.4, 0.5) is 11.4 Å². The van der Waals surface area contributed by atoms with Crippen LogP contribution in [0.1, 0.15) is 31.5 Å². The number of benzene rings is 1. The molecule has 1 amide bonds. The predicted molar refractivity (Wildman–Crippen MR) is 99.2 cm³/mol. The Hall–Kier alpha value is -2.68. The van der Waals surface area contributed by atoms with Gasteiger partial charge < -0.3 is 9.88 Å². The average molecular weight is 373 g/mol. The lowest BCUT2D eigenvalue weighted by molar-refractivity contribution is -0.384. The number of nitro groups is 1. The van der Waals surface area contributed by atoms with Gasteiger partial charge in [-0.05, 0) is 31.9 Å². The highest BCUT2D eigenvalue weighted by molar-refractivity contribution is 8.00. The van der Waals surface area contributed by atoms with Gasteiger partial charge in [0.2, 0.25) is 5.91 Å². The molecule has 1 unspecified atom stereocenters. The van der Waals surface area contributed by atoms with Crippen molar-refractivity contribution < 1.29 is 9.72 Å². The quantitative estimate of drug-likeness (QED) is 0.329. The SMILES string of the molecule is C=CCn1c(SC(C)C(=O)Nc2ccc([N+](=O)[O-])cc2)nnc1C1CC1. The van der Waals surface area contributed by atoms with Gasteiger partial charge in [0.05, 0.1) is 10.2 Å². The minimum absolute atomic E-state index is 0.0180. The zero-order valence-electron chi connectivity index (χ0n) is 14.3. The maximum atomic E-state index is 12.4. The second-order valence-corrected chi connectivity index (χ2v) is 7.38. The number of rotatable bonds is 8. The number of nitrogens with one attached hydrogen (secondary N) is 1. The molecule has 1 aromatic heterocycles. The number of carbonyl (C=O) groups excluding carboxylic acids is 1. The largest absolute Gasteiger partial charge is 0.325 e. The molecule has 0 saturated heterocycles. The minimum Gasteiger partial charge on any atom is -0.325 e. The average Bonchev–Trinajstić information content (AvgIpc) is 3.39. The first kappa shape index (κ1) is 18.1. The molecular formula is C17H19N5O3S. The van der Waals surface area contributed by atoms with Crippen LogP contribution in [-0.2, 0) is 11.3 Å². The number of aromatic nitrogens is 3. The number of nitro benzene ring substituents is 1. The molecule has 1 atom stereocenters. The number of non-ortho nitro benzene ring substituents is 1. The lowest BCUT2D eigenvalue weighted by Gasteiger charge is -2.12. The van der Waals surface area contributed by atoms with E-state index in [9.17, 15) is 14.9 Å². The van der Waals surface area contributed by atoms with Crippen molar-refractivity contribution >= 4 is 29.0 Å². The van der Waals surface area contributed by atoms with Gasteiger partial charge in [-0.2, -0.15) is 0 Å². The first-order valence-electron chi connectivity index (χ1n) is 8.25. The van der Waals surface area contributed by atoms with Gasteiger partial charge in [0, 0.05) is 30.3 Å². The number of thioether (sulfide) groups is 1. The zero-order chi connectivity index (χ0) is 18.7. The zero-order valence-corrected chi connectivity index (χ0v) is 15.1. The fraction of sp³-hybridized carbons (Fsp3) is 0.353. The van der Waals surface area contributed by atoms with Gasteiger partial charge >= 0.3 is 0 Å². The number of carbonyl (C=O) groups is 1. The molecule has 2 aromatic rings. The highest BCUT2D eigenvalue weighted by atomic mass is 32.2. The summed E-state index contributed by atoms with van der Waals surface area (Å²) in [5, 5.41) is 22.2. The maximum absolute atomic E-state index is 12.4. The van der Waals surface area contributed by atoms with Crippen LogP contribution in [0, 0.1) is 10.1 Å². The van der Waals surface area contributed by atoms with E-state index in [0.717, 1.165) is 18.7 Å². The van der Waals surface area contributed by atoms with Crippen molar-refractivity contribution in [2.24, 2.45) is 0 Å². The molecule has 1 saturated carbocycles. The Balaban J connectivity index is 1.65. The summed E-state index contributed by atoms with van der Waals surface area (Å²) in [6.45, 7) is 6.17. The molecule has 26 heavy (non-hydrogen) atoms. The molecule has 0 aliphatic heterocycles. The normalized spacial score (nSPS) is 14.7. The van der Waals surface area contributed by atoms with Crippen LogP contribution in [0.3, 0.4) is 0 Å². The Morgan fingerprint density at radius 2 is 2.15 bits per heavy atom. The van der Waals surface area contributed by atoms with E-state index in [2.05, 4.69) is 22.1 Å². The van der Waals surface area contributed by atoms with Crippen molar-refractivity contribution in [3.8, 4) is 0 Å². The number of hydrogen-bond donors (Lipinski definition) is 1. The molecule has 1 N–H and O–H groups in total. The van der Waals surface area contributed by atoms with Gasteiger partial charge in [-0.15, -0.1) is 16.8 Å². The summed E-state index contributed by atoms with van der Waals surface area (Å²) in [6.07, 6.45) is 4.03. The van der Waals surface area contributed by atoms with Crippen LogP contribution in [0.2, 0.25) is 0 Å². The fourth-order valence-electron chi connectivity index (χ4n) is 2.45.